The molecule has 1 aromatic heterocycles. The third-order valence-corrected chi connectivity index (χ3v) is 6.04. The number of nitrogen functional groups attached to an aromatic ring is 1. The number of anilines is 2. The highest BCUT2D eigenvalue weighted by atomic mass is 79.9. The SMILES string of the molecule is Nc1ccc(NS(=O)(=O)c2sccc2Br)cc1. The smallest absolute Gasteiger partial charge is 0.272 e. The van der Waals surface area contributed by atoms with Crippen molar-refractivity contribution in [1.82, 2.24) is 0 Å². The predicted molar refractivity (Wildman–Crippen MR) is 73.7 cm³/mol. The standard InChI is InChI=1S/C10H9BrN2O2S2/c11-9-5-6-16-10(9)17(14,15)13-8-3-1-7(12)2-4-8/h1-6,13H,12H2. The van der Waals surface area contributed by atoms with E-state index in [-0.39, 0.29) is 4.21 Å². The Bertz CT molecular complexity index is 620. The Morgan fingerprint density at radius 2 is 1.82 bits per heavy atom. The van der Waals surface area contributed by atoms with Crippen LogP contribution >= 0.6 is 27.3 Å². The Balaban J connectivity index is 2.30. The second-order valence-corrected chi connectivity index (χ2v) is 6.93. The van der Waals surface area contributed by atoms with Gasteiger partial charge in [0.15, 0.2) is 4.21 Å². The van der Waals surface area contributed by atoms with Crippen LogP contribution in [0.3, 0.4) is 0 Å². The van der Waals surface area contributed by atoms with Crippen LogP contribution in [0, 0.1) is 0 Å². The molecule has 2 aromatic rings. The molecule has 0 radical (unpaired) electrons. The molecule has 2 rings (SSSR count). The number of hydrogen-bond acceptors (Lipinski definition) is 4. The maximum Gasteiger partial charge on any atom is 0.272 e. The second kappa shape index (κ2) is 4.67. The minimum Gasteiger partial charge on any atom is -0.399 e. The zero-order chi connectivity index (χ0) is 12.5. The van der Waals surface area contributed by atoms with Crippen molar-refractivity contribution in [3.8, 4) is 0 Å². The fraction of sp³-hybridized carbons (Fsp3) is 0. The van der Waals surface area contributed by atoms with Crippen molar-refractivity contribution in [3.05, 3.63) is 40.2 Å². The highest BCUT2D eigenvalue weighted by Crippen LogP contribution is 2.29. The minimum absolute atomic E-state index is 0.259. The molecule has 1 heterocycles. The van der Waals surface area contributed by atoms with Crippen molar-refractivity contribution >= 4 is 48.7 Å². The fourth-order valence-corrected chi connectivity index (χ4v) is 4.62. The van der Waals surface area contributed by atoms with Gasteiger partial charge in [0.05, 0.1) is 0 Å². The molecule has 1 aromatic carbocycles. The summed E-state index contributed by atoms with van der Waals surface area (Å²) >= 11 is 4.36. The summed E-state index contributed by atoms with van der Waals surface area (Å²) in [4.78, 5) is 0. The van der Waals surface area contributed by atoms with Crippen molar-refractivity contribution in [2.24, 2.45) is 0 Å². The van der Waals surface area contributed by atoms with Crippen LogP contribution in [0.5, 0.6) is 0 Å². The van der Waals surface area contributed by atoms with E-state index in [2.05, 4.69) is 20.7 Å². The molecule has 0 aliphatic carbocycles. The number of rotatable bonds is 3. The summed E-state index contributed by atoms with van der Waals surface area (Å²) in [6.45, 7) is 0. The van der Waals surface area contributed by atoms with E-state index in [4.69, 9.17) is 5.73 Å². The van der Waals surface area contributed by atoms with E-state index in [9.17, 15) is 8.42 Å². The second-order valence-electron chi connectivity index (χ2n) is 3.28. The van der Waals surface area contributed by atoms with Crippen LogP contribution in [-0.2, 0) is 10.0 Å². The van der Waals surface area contributed by atoms with Crippen LogP contribution in [0.2, 0.25) is 0 Å². The van der Waals surface area contributed by atoms with Gasteiger partial charge in [0.25, 0.3) is 10.0 Å². The van der Waals surface area contributed by atoms with Crippen LogP contribution in [0.4, 0.5) is 11.4 Å². The van der Waals surface area contributed by atoms with Gasteiger partial charge in [-0.15, -0.1) is 11.3 Å². The maximum absolute atomic E-state index is 12.0. The summed E-state index contributed by atoms with van der Waals surface area (Å²) in [5.74, 6) is 0. The van der Waals surface area contributed by atoms with E-state index in [1.807, 2.05) is 0 Å². The minimum atomic E-state index is -3.53. The molecule has 0 saturated heterocycles. The van der Waals surface area contributed by atoms with Gasteiger partial charge in [-0.3, -0.25) is 4.72 Å². The Morgan fingerprint density at radius 1 is 1.18 bits per heavy atom. The molecule has 0 unspecified atom stereocenters. The third kappa shape index (κ3) is 2.80. The lowest BCUT2D eigenvalue weighted by Gasteiger charge is -2.06. The van der Waals surface area contributed by atoms with Gasteiger partial charge in [-0.25, -0.2) is 8.42 Å². The van der Waals surface area contributed by atoms with Crippen LogP contribution in [-0.4, -0.2) is 8.42 Å². The first kappa shape index (κ1) is 12.4. The van der Waals surface area contributed by atoms with Gasteiger partial charge in [0, 0.05) is 15.8 Å². The van der Waals surface area contributed by atoms with E-state index < -0.39 is 10.0 Å². The molecule has 0 atom stereocenters. The van der Waals surface area contributed by atoms with Gasteiger partial charge >= 0.3 is 0 Å². The normalized spacial score (nSPS) is 11.4. The molecule has 0 saturated carbocycles. The van der Waals surface area contributed by atoms with E-state index in [1.54, 1.807) is 35.7 Å². The van der Waals surface area contributed by atoms with Crippen LogP contribution in [0.25, 0.3) is 0 Å². The van der Waals surface area contributed by atoms with Crippen LogP contribution < -0.4 is 10.5 Å². The molecule has 0 spiro atoms. The Kier molecular flexibility index (Phi) is 3.41. The average Bonchev–Trinajstić information content (AvgIpc) is 2.68. The summed E-state index contributed by atoms with van der Waals surface area (Å²) in [6.07, 6.45) is 0. The molecule has 3 N–H and O–H groups in total. The number of hydrogen-bond donors (Lipinski definition) is 2. The van der Waals surface area contributed by atoms with Crippen molar-refractivity contribution in [2.75, 3.05) is 10.5 Å². The maximum atomic E-state index is 12.0. The zero-order valence-electron chi connectivity index (χ0n) is 8.55. The largest absolute Gasteiger partial charge is 0.399 e. The first-order valence-electron chi connectivity index (χ1n) is 4.60. The first-order chi connectivity index (χ1) is 7.99. The highest BCUT2D eigenvalue weighted by Gasteiger charge is 2.18. The van der Waals surface area contributed by atoms with Gasteiger partial charge in [-0.1, -0.05) is 0 Å². The molecule has 0 bridgehead atoms. The first-order valence-corrected chi connectivity index (χ1v) is 7.76. The van der Waals surface area contributed by atoms with E-state index in [0.29, 0.717) is 15.8 Å². The Morgan fingerprint density at radius 3 is 2.35 bits per heavy atom. The number of sulfonamides is 1. The topological polar surface area (TPSA) is 72.2 Å². The molecule has 17 heavy (non-hydrogen) atoms. The van der Waals surface area contributed by atoms with Gasteiger partial charge in [-0.2, -0.15) is 0 Å². The number of nitrogens with two attached hydrogens (primary N) is 1. The lowest BCUT2D eigenvalue weighted by Crippen LogP contribution is -2.11. The summed E-state index contributed by atoms with van der Waals surface area (Å²) in [5.41, 5.74) is 6.60. The molecule has 0 aliphatic rings. The lowest BCUT2D eigenvalue weighted by molar-refractivity contribution is 0.603. The molecule has 0 amide bonds. The fourth-order valence-electron chi connectivity index (χ4n) is 1.22. The van der Waals surface area contributed by atoms with E-state index >= 15 is 0 Å². The summed E-state index contributed by atoms with van der Waals surface area (Å²) in [6, 6.07) is 8.22. The van der Waals surface area contributed by atoms with Gasteiger partial charge in [0.2, 0.25) is 0 Å². The monoisotopic (exact) mass is 332 g/mol. The van der Waals surface area contributed by atoms with E-state index in [1.165, 1.54) is 0 Å². The summed E-state index contributed by atoms with van der Waals surface area (Å²) in [5, 5.41) is 1.71. The van der Waals surface area contributed by atoms with Crippen molar-refractivity contribution in [1.29, 1.82) is 0 Å². The summed E-state index contributed by atoms with van der Waals surface area (Å²) in [7, 11) is -3.53. The molecule has 0 aliphatic heterocycles. The molecule has 0 fully saturated rings. The Labute approximate surface area is 112 Å². The number of halogens is 1. The van der Waals surface area contributed by atoms with Crippen molar-refractivity contribution in [3.63, 3.8) is 0 Å². The number of benzene rings is 1. The molecule has 90 valence electrons. The van der Waals surface area contributed by atoms with Gasteiger partial charge in [0.1, 0.15) is 0 Å². The van der Waals surface area contributed by atoms with Crippen LogP contribution in [0.15, 0.2) is 44.4 Å². The van der Waals surface area contributed by atoms with E-state index in [0.717, 1.165) is 11.3 Å². The number of thiophene rings is 1. The average molecular weight is 333 g/mol. The molecular weight excluding hydrogens is 324 g/mol. The molecular formula is C10H9BrN2O2S2. The Hall–Kier alpha value is -1.05. The molecule has 4 nitrogen and oxygen atoms in total. The quantitative estimate of drug-likeness (QED) is 0.849. The van der Waals surface area contributed by atoms with Gasteiger partial charge < -0.3 is 5.73 Å². The lowest BCUT2D eigenvalue weighted by atomic mass is 10.3. The van der Waals surface area contributed by atoms with Gasteiger partial charge in [-0.05, 0) is 51.6 Å². The predicted octanol–water partition coefficient (Wildman–Crippen LogP) is 2.89. The van der Waals surface area contributed by atoms with Crippen LogP contribution in [0.1, 0.15) is 0 Å². The van der Waals surface area contributed by atoms with Crippen molar-refractivity contribution in [2.45, 2.75) is 4.21 Å². The van der Waals surface area contributed by atoms with Crippen molar-refractivity contribution < 1.29 is 8.42 Å². The summed E-state index contributed by atoms with van der Waals surface area (Å²) < 4.78 is 27.3. The number of nitrogens with one attached hydrogen (secondary N) is 1. The molecule has 7 heteroatoms. The third-order valence-electron chi connectivity index (χ3n) is 1.99. The zero-order valence-corrected chi connectivity index (χ0v) is 11.8. The highest BCUT2D eigenvalue weighted by molar-refractivity contribution is 9.10.